The van der Waals surface area contributed by atoms with Gasteiger partial charge in [-0.1, -0.05) is 0 Å². The molecule has 1 aliphatic heterocycles. The molecular weight excluding hydrogens is 224 g/mol. The van der Waals surface area contributed by atoms with E-state index < -0.39 is 5.97 Å². The zero-order chi connectivity index (χ0) is 12.1. The van der Waals surface area contributed by atoms with Crippen LogP contribution in [0.4, 0.5) is 11.6 Å². The minimum atomic E-state index is -0.920. The van der Waals surface area contributed by atoms with E-state index in [0.717, 1.165) is 18.9 Å². The molecule has 1 aromatic heterocycles. The Kier molecular flexibility index (Phi) is 3.71. The summed E-state index contributed by atoms with van der Waals surface area (Å²) in [4.78, 5) is 20.6. The number of carboxylic acid groups (broad SMARTS) is 1. The van der Waals surface area contributed by atoms with Crippen molar-refractivity contribution in [2.24, 2.45) is 0 Å². The third-order valence-corrected chi connectivity index (χ3v) is 2.41. The van der Waals surface area contributed by atoms with E-state index in [9.17, 15) is 4.79 Å². The summed E-state index contributed by atoms with van der Waals surface area (Å²) in [6.45, 7) is 2.79. The van der Waals surface area contributed by atoms with Gasteiger partial charge in [0.1, 0.15) is 24.5 Å². The van der Waals surface area contributed by atoms with Crippen molar-refractivity contribution in [2.45, 2.75) is 0 Å². The second-order valence-corrected chi connectivity index (χ2v) is 3.61. The van der Waals surface area contributed by atoms with Gasteiger partial charge in [-0.25, -0.2) is 9.97 Å². The van der Waals surface area contributed by atoms with Crippen LogP contribution in [0.25, 0.3) is 0 Å². The van der Waals surface area contributed by atoms with Crippen LogP contribution < -0.4 is 10.2 Å². The lowest BCUT2D eigenvalue weighted by molar-refractivity contribution is -0.134. The van der Waals surface area contributed by atoms with Crippen molar-refractivity contribution >= 4 is 17.6 Å². The summed E-state index contributed by atoms with van der Waals surface area (Å²) in [5.41, 5.74) is 0. The molecule has 0 unspecified atom stereocenters. The van der Waals surface area contributed by atoms with Gasteiger partial charge in [0.25, 0.3) is 0 Å². The largest absolute Gasteiger partial charge is 0.480 e. The normalized spacial score (nSPS) is 15.6. The Morgan fingerprint density at radius 1 is 1.47 bits per heavy atom. The van der Waals surface area contributed by atoms with Crippen LogP contribution in [0.2, 0.25) is 0 Å². The molecule has 92 valence electrons. The highest BCUT2D eigenvalue weighted by Gasteiger charge is 2.12. The van der Waals surface area contributed by atoms with Gasteiger partial charge in [-0.05, 0) is 0 Å². The number of hydrogen-bond acceptors (Lipinski definition) is 6. The summed E-state index contributed by atoms with van der Waals surface area (Å²) in [5.74, 6) is 0.386. The number of aromatic nitrogens is 2. The molecule has 0 aromatic carbocycles. The van der Waals surface area contributed by atoms with Crippen LogP contribution in [0.15, 0.2) is 12.4 Å². The summed E-state index contributed by atoms with van der Waals surface area (Å²) < 4.78 is 5.25. The molecule has 17 heavy (non-hydrogen) atoms. The maximum atomic E-state index is 10.4. The van der Waals surface area contributed by atoms with Crippen molar-refractivity contribution in [3.8, 4) is 0 Å². The second kappa shape index (κ2) is 5.44. The van der Waals surface area contributed by atoms with Gasteiger partial charge in [0.05, 0.1) is 13.2 Å². The Bertz CT molecular complexity index is 393. The van der Waals surface area contributed by atoms with E-state index in [0.29, 0.717) is 19.0 Å². The molecule has 1 fully saturated rings. The molecule has 0 aliphatic carbocycles. The first-order valence-corrected chi connectivity index (χ1v) is 5.36. The zero-order valence-electron chi connectivity index (χ0n) is 9.30. The van der Waals surface area contributed by atoms with Crippen molar-refractivity contribution in [1.29, 1.82) is 0 Å². The Labute approximate surface area is 98.4 Å². The molecule has 0 atom stereocenters. The maximum absolute atomic E-state index is 10.4. The molecule has 0 amide bonds. The fourth-order valence-electron chi connectivity index (χ4n) is 1.58. The van der Waals surface area contributed by atoms with Crippen LogP contribution in [0, 0.1) is 0 Å². The molecule has 7 nitrogen and oxygen atoms in total. The molecular formula is C10H14N4O3. The Morgan fingerprint density at radius 2 is 2.24 bits per heavy atom. The average molecular weight is 238 g/mol. The van der Waals surface area contributed by atoms with Gasteiger partial charge >= 0.3 is 5.97 Å². The molecule has 2 N–H and O–H groups in total. The number of nitrogens with one attached hydrogen (secondary N) is 1. The smallest absolute Gasteiger partial charge is 0.322 e. The first-order chi connectivity index (χ1) is 8.25. The molecule has 1 saturated heterocycles. The van der Waals surface area contributed by atoms with E-state index in [1.54, 1.807) is 6.07 Å². The number of aliphatic carboxylic acids is 1. The van der Waals surface area contributed by atoms with Crippen molar-refractivity contribution in [3.63, 3.8) is 0 Å². The van der Waals surface area contributed by atoms with Crippen molar-refractivity contribution in [2.75, 3.05) is 43.1 Å². The number of carboxylic acids is 1. The molecule has 2 rings (SSSR count). The second-order valence-electron chi connectivity index (χ2n) is 3.61. The highest BCUT2D eigenvalue weighted by molar-refractivity contribution is 5.72. The number of rotatable bonds is 4. The van der Waals surface area contributed by atoms with Crippen molar-refractivity contribution in [3.05, 3.63) is 12.4 Å². The quantitative estimate of drug-likeness (QED) is 0.751. The lowest BCUT2D eigenvalue weighted by Gasteiger charge is -2.27. The molecule has 1 aliphatic rings. The maximum Gasteiger partial charge on any atom is 0.322 e. The Balaban J connectivity index is 2.02. The highest BCUT2D eigenvalue weighted by Crippen LogP contribution is 2.14. The minimum absolute atomic E-state index is 0.153. The molecule has 1 aromatic rings. The van der Waals surface area contributed by atoms with E-state index in [1.807, 2.05) is 0 Å². The molecule has 0 radical (unpaired) electrons. The molecule has 2 heterocycles. The lowest BCUT2D eigenvalue weighted by atomic mass is 10.4. The van der Waals surface area contributed by atoms with Crippen LogP contribution in [0.3, 0.4) is 0 Å². The molecule has 0 saturated carbocycles. The van der Waals surface area contributed by atoms with E-state index in [2.05, 4.69) is 20.2 Å². The molecule has 7 heteroatoms. The van der Waals surface area contributed by atoms with Gasteiger partial charge in [0, 0.05) is 19.2 Å². The van der Waals surface area contributed by atoms with Gasteiger partial charge in [-0.3, -0.25) is 4.79 Å². The first kappa shape index (κ1) is 11.6. The number of carbonyl (C=O) groups is 1. The summed E-state index contributed by atoms with van der Waals surface area (Å²) in [6, 6.07) is 1.74. The lowest BCUT2D eigenvalue weighted by Crippen LogP contribution is -2.36. The third-order valence-electron chi connectivity index (χ3n) is 2.41. The SMILES string of the molecule is O=C(O)CNc1cc(N2CCOCC2)ncn1. The van der Waals surface area contributed by atoms with Crippen molar-refractivity contribution < 1.29 is 14.6 Å². The van der Waals surface area contributed by atoms with Crippen LogP contribution >= 0.6 is 0 Å². The predicted molar refractivity (Wildman–Crippen MR) is 61.2 cm³/mol. The number of morpholine rings is 1. The summed E-state index contributed by atoms with van der Waals surface area (Å²) in [5, 5.41) is 11.3. The fraction of sp³-hybridized carbons (Fsp3) is 0.500. The minimum Gasteiger partial charge on any atom is -0.480 e. The number of nitrogens with zero attached hydrogens (tertiary/aromatic N) is 3. The summed E-state index contributed by atoms with van der Waals surface area (Å²) in [7, 11) is 0. The van der Waals surface area contributed by atoms with Crippen molar-refractivity contribution in [1.82, 2.24) is 9.97 Å². The van der Waals surface area contributed by atoms with E-state index >= 15 is 0 Å². The van der Waals surface area contributed by atoms with Gasteiger partial charge in [-0.15, -0.1) is 0 Å². The molecule has 0 bridgehead atoms. The number of hydrogen-bond donors (Lipinski definition) is 2. The summed E-state index contributed by atoms with van der Waals surface area (Å²) >= 11 is 0. The van der Waals surface area contributed by atoms with E-state index in [4.69, 9.17) is 9.84 Å². The highest BCUT2D eigenvalue weighted by atomic mass is 16.5. The monoisotopic (exact) mass is 238 g/mol. The Hall–Kier alpha value is -1.89. The fourth-order valence-corrected chi connectivity index (χ4v) is 1.58. The average Bonchev–Trinajstić information content (AvgIpc) is 2.38. The van der Waals surface area contributed by atoms with Gasteiger partial charge < -0.3 is 20.1 Å². The first-order valence-electron chi connectivity index (χ1n) is 5.36. The topological polar surface area (TPSA) is 87.6 Å². The van der Waals surface area contributed by atoms with E-state index in [1.165, 1.54) is 6.33 Å². The van der Waals surface area contributed by atoms with Crippen LogP contribution in [-0.4, -0.2) is 53.9 Å². The standard InChI is InChI=1S/C10H14N4O3/c15-10(16)6-11-8-5-9(13-7-12-8)14-1-3-17-4-2-14/h5,7H,1-4,6H2,(H,15,16)(H,11,12,13). The van der Waals surface area contributed by atoms with Gasteiger partial charge in [0.2, 0.25) is 0 Å². The zero-order valence-corrected chi connectivity index (χ0v) is 9.30. The Morgan fingerprint density at radius 3 is 2.94 bits per heavy atom. The summed E-state index contributed by atoms with van der Waals surface area (Å²) in [6.07, 6.45) is 1.43. The number of ether oxygens (including phenoxy) is 1. The van der Waals surface area contributed by atoms with Crippen LogP contribution in [0.5, 0.6) is 0 Å². The molecule has 0 spiro atoms. The van der Waals surface area contributed by atoms with Crippen LogP contribution in [0.1, 0.15) is 0 Å². The van der Waals surface area contributed by atoms with Crippen LogP contribution in [-0.2, 0) is 9.53 Å². The predicted octanol–water partition coefficient (Wildman–Crippen LogP) is -0.190. The van der Waals surface area contributed by atoms with Gasteiger partial charge in [0.15, 0.2) is 0 Å². The van der Waals surface area contributed by atoms with E-state index in [-0.39, 0.29) is 6.54 Å². The van der Waals surface area contributed by atoms with Gasteiger partial charge in [-0.2, -0.15) is 0 Å². The number of anilines is 2. The third kappa shape index (κ3) is 3.28.